The molecule has 1 aromatic carbocycles. The maximum atomic E-state index is 13.5. The predicted octanol–water partition coefficient (Wildman–Crippen LogP) is 3.02. The number of nitrogens with one attached hydrogen (secondary N) is 1. The zero-order chi connectivity index (χ0) is 29.3. The van der Waals surface area contributed by atoms with Gasteiger partial charge in [-0.3, -0.25) is 14.5 Å². The zero-order valence-electron chi connectivity index (χ0n) is 23.4. The third-order valence-electron chi connectivity index (χ3n) is 8.67. The van der Waals surface area contributed by atoms with Crippen LogP contribution in [0.3, 0.4) is 0 Å². The first-order valence-corrected chi connectivity index (χ1v) is 14.3. The summed E-state index contributed by atoms with van der Waals surface area (Å²) in [4.78, 5) is 55.9. The van der Waals surface area contributed by atoms with Crippen molar-refractivity contribution < 1.29 is 19.1 Å². The molecule has 1 spiro atoms. The van der Waals surface area contributed by atoms with E-state index in [4.69, 9.17) is 19.4 Å². The van der Waals surface area contributed by atoms with Crippen LogP contribution in [0.4, 0.5) is 22.2 Å². The average Bonchev–Trinajstić information content (AvgIpc) is 3.74. The van der Waals surface area contributed by atoms with Gasteiger partial charge in [0.25, 0.3) is 11.5 Å². The van der Waals surface area contributed by atoms with Gasteiger partial charge in [-0.1, -0.05) is 18.2 Å². The fourth-order valence-corrected chi connectivity index (χ4v) is 6.36. The first-order chi connectivity index (χ1) is 20.9. The van der Waals surface area contributed by atoms with Crippen molar-refractivity contribution in [1.82, 2.24) is 29.2 Å². The van der Waals surface area contributed by atoms with Gasteiger partial charge < -0.3 is 19.7 Å². The fourth-order valence-electron chi connectivity index (χ4n) is 6.36. The molecule has 1 N–H and O–H groups in total. The topological polar surface area (TPSA) is 137 Å². The molecule has 13 nitrogen and oxygen atoms in total. The van der Waals surface area contributed by atoms with Crippen molar-refractivity contribution in [3.05, 3.63) is 70.2 Å². The van der Waals surface area contributed by atoms with Gasteiger partial charge in [-0.2, -0.15) is 4.98 Å². The Morgan fingerprint density at radius 2 is 2.00 bits per heavy atom. The number of carbonyl (C=O) groups is 2. The maximum absolute atomic E-state index is 13.5. The van der Waals surface area contributed by atoms with Crippen LogP contribution < -0.4 is 20.5 Å². The molecule has 0 radical (unpaired) electrons. The molecule has 218 valence electrons. The summed E-state index contributed by atoms with van der Waals surface area (Å²) in [5, 5.41) is 3.67. The highest BCUT2D eigenvalue weighted by molar-refractivity contribution is 5.96. The number of fused-ring (bicyclic) bond motifs is 7. The molecule has 6 heterocycles. The molecule has 1 saturated carbocycles. The summed E-state index contributed by atoms with van der Waals surface area (Å²) in [6.45, 7) is 1.87. The molecule has 13 heteroatoms. The van der Waals surface area contributed by atoms with E-state index in [9.17, 15) is 14.4 Å². The highest BCUT2D eigenvalue weighted by atomic mass is 16.5. The van der Waals surface area contributed by atoms with Crippen molar-refractivity contribution in [2.24, 2.45) is 0 Å². The van der Waals surface area contributed by atoms with E-state index in [0.717, 1.165) is 24.1 Å². The summed E-state index contributed by atoms with van der Waals surface area (Å²) in [5.41, 5.74) is 3.23. The Morgan fingerprint density at radius 3 is 2.84 bits per heavy atom. The number of pyridine rings is 1. The van der Waals surface area contributed by atoms with Crippen molar-refractivity contribution in [3.63, 3.8) is 0 Å². The number of anilines is 3. The first kappa shape index (κ1) is 25.5. The largest absolute Gasteiger partial charge is 0.480 e. The van der Waals surface area contributed by atoms with Crippen molar-refractivity contribution in [2.45, 2.75) is 37.8 Å². The summed E-state index contributed by atoms with van der Waals surface area (Å²) >= 11 is 0. The monoisotopic (exact) mass is 580 g/mol. The minimum Gasteiger partial charge on any atom is -0.480 e. The van der Waals surface area contributed by atoms with E-state index in [1.165, 1.54) is 18.9 Å². The van der Waals surface area contributed by atoms with E-state index in [1.54, 1.807) is 31.3 Å². The maximum Gasteiger partial charge on any atom is 0.409 e. The van der Waals surface area contributed by atoms with Gasteiger partial charge in [0.15, 0.2) is 29.6 Å². The summed E-state index contributed by atoms with van der Waals surface area (Å²) in [6, 6.07) is 9.61. The molecule has 0 unspecified atom stereocenters. The van der Waals surface area contributed by atoms with Gasteiger partial charge in [0.05, 0.1) is 13.7 Å². The third kappa shape index (κ3) is 4.06. The molecule has 1 fully saturated rings. The van der Waals surface area contributed by atoms with Crippen LogP contribution in [0.2, 0.25) is 0 Å². The minimum atomic E-state index is -0.309. The van der Waals surface area contributed by atoms with Gasteiger partial charge >= 0.3 is 6.09 Å². The number of ether oxygens (including phenoxy) is 2. The molecule has 0 saturated heterocycles. The summed E-state index contributed by atoms with van der Waals surface area (Å²) in [7, 11) is 1.41. The van der Waals surface area contributed by atoms with Crippen molar-refractivity contribution in [2.75, 3.05) is 37.0 Å². The predicted molar refractivity (Wildman–Crippen MR) is 156 cm³/mol. The zero-order valence-corrected chi connectivity index (χ0v) is 23.4. The van der Waals surface area contributed by atoms with Crippen LogP contribution in [0.25, 0.3) is 16.9 Å². The number of carbonyl (C=O) groups excluding carboxylic acids is 2. The van der Waals surface area contributed by atoms with Crippen LogP contribution in [-0.4, -0.2) is 68.0 Å². The lowest BCUT2D eigenvalue weighted by Gasteiger charge is -2.34. The lowest BCUT2D eigenvalue weighted by molar-refractivity contribution is -0.121. The number of methoxy groups -OCH3 is 1. The second kappa shape index (κ2) is 9.41. The first-order valence-electron chi connectivity index (χ1n) is 14.3. The highest BCUT2D eigenvalue weighted by Crippen LogP contribution is 2.53. The van der Waals surface area contributed by atoms with E-state index in [1.807, 2.05) is 24.3 Å². The SMILES string of the molecule is COC(=O)N1Cc2ccc(Nc3ncc4c(=O)n5n(c4n3)-c3ccc4c(n3)N(CCC=CC5)C(=O)CO4)cc2C2(CC2)C1. The van der Waals surface area contributed by atoms with Gasteiger partial charge in [-0.05, 0) is 54.7 Å². The molecule has 1 aliphatic carbocycles. The Kier molecular flexibility index (Phi) is 5.58. The molecule has 3 aliphatic heterocycles. The Labute approximate surface area is 245 Å². The lowest BCUT2D eigenvalue weighted by atomic mass is 9.86. The van der Waals surface area contributed by atoms with Crippen LogP contribution in [0, 0.1) is 0 Å². The molecule has 4 aliphatic rings. The Morgan fingerprint density at radius 1 is 1.12 bits per heavy atom. The van der Waals surface area contributed by atoms with E-state index >= 15 is 0 Å². The van der Waals surface area contributed by atoms with Gasteiger partial charge in [0, 0.05) is 36.9 Å². The normalized spacial score (nSPS) is 18.0. The Balaban J connectivity index is 1.19. The van der Waals surface area contributed by atoms with Crippen LogP contribution in [0.5, 0.6) is 5.75 Å². The van der Waals surface area contributed by atoms with Gasteiger partial charge in [-0.25, -0.2) is 24.1 Å². The van der Waals surface area contributed by atoms with Crippen molar-refractivity contribution >= 4 is 40.5 Å². The van der Waals surface area contributed by atoms with Gasteiger partial charge in [-0.15, -0.1) is 0 Å². The molecule has 43 heavy (non-hydrogen) atoms. The number of nitrogens with zero attached hydrogens (tertiary/aromatic N) is 7. The second-order valence-corrected chi connectivity index (χ2v) is 11.3. The molecular weight excluding hydrogens is 552 g/mol. The standard InChI is InChI=1S/C30H28N8O5/c1-42-29(41)35-15-18-5-6-19(13-21(18)30(17-35)9-10-30)32-28-31-14-20-25(34-28)38-23-8-7-22-26(33-23)36(24(39)16-43-22)11-3-2-4-12-37(38)27(20)40/h2,4-8,13-14H,3,9-12,15-17H2,1H3,(H,31,32,34). The lowest BCUT2D eigenvalue weighted by Crippen LogP contribution is -2.41. The summed E-state index contributed by atoms with van der Waals surface area (Å²) in [5.74, 6) is 1.54. The minimum absolute atomic E-state index is 0.0372. The van der Waals surface area contributed by atoms with E-state index in [-0.39, 0.29) is 29.6 Å². The van der Waals surface area contributed by atoms with Crippen LogP contribution in [0.1, 0.15) is 30.4 Å². The molecule has 4 aromatic rings. The number of hydrogen-bond acceptors (Lipinski definition) is 9. The number of benzene rings is 1. The van der Waals surface area contributed by atoms with E-state index < -0.39 is 0 Å². The quantitative estimate of drug-likeness (QED) is 0.355. The Bertz CT molecular complexity index is 1920. The molecule has 0 atom stereocenters. The number of hydrogen-bond donors (Lipinski definition) is 1. The summed E-state index contributed by atoms with van der Waals surface area (Å²) < 4.78 is 13.8. The fraction of sp³-hybridized carbons (Fsp3) is 0.333. The van der Waals surface area contributed by atoms with Crippen molar-refractivity contribution in [3.8, 4) is 11.6 Å². The average molecular weight is 581 g/mol. The van der Waals surface area contributed by atoms with E-state index in [0.29, 0.717) is 67.0 Å². The highest BCUT2D eigenvalue weighted by Gasteiger charge is 2.50. The van der Waals surface area contributed by atoms with Gasteiger partial charge in [0.1, 0.15) is 5.39 Å². The summed E-state index contributed by atoms with van der Waals surface area (Å²) in [6.07, 6.45) is 7.72. The van der Waals surface area contributed by atoms with Crippen LogP contribution in [-0.2, 0) is 28.0 Å². The van der Waals surface area contributed by atoms with Crippen molar-refractivity contribution in [1.29, 1.82) is 0 Å². The molecule has 3 aromatic heterocycles. The molecular formula is C30H28N8O5. The molecule has 8 rings (SSSR count). The smallest absolute Gasteiger partial charge is 0.409 e. The van der Waals surface area contributed by atoms with Crippen LogP contribution >= 0.6 is 0 Å². The Hall–Kier alpha value is -5.20. The van der Waals surface area contributed by atoms with E-state index in [2.05, 4.69) is 16.4 Å². The third-order valence-corrected chi connectivity index (χ3v) is 8.67. The second-order valence-electron chi connectivity index (χ2n) is 11.3. The van der Waals surface area contributed by atoms with Crippen LogP contribution in [0.15, 0.2) is 53.5 Å². The number of rotatable bonds is 2. The molecule has 2 bridgehead atoms. The van der Waals surface area contributed by atoms with Gasteiger partial charge in [0.2, 0.25) is 5.95 Å². The number of amides is 2. The molecule has 2 amide bonds. The number of allylic oxidation sites excluding steroid dienone is 1. The number of aromatic nitrogens is 5.